The number of hydrogen-bond donors (Lipinski definition) is 4. The van der Waals surface area contributed by atoms with Crippen LogP contribution in [-0.2, 0) is 11.3 Å². The summed E-state index contributed by atoms with van der Waals surface area (Å²) in [6, 6.07) is 10.2. The number of rotatable bonds is 9. The Morgan fingerprint density at radius 3 is 2.48 bits per heavy atom. The number of hydrogen-bond acceptors (Lipinski definition) is 6. The second-order valence-corrected chi connectivity index (χ2v) is 8.11. The summed E-state index contributed by atoms with van der Waals surface area (Å²) in [5.41, 5.74) is 7.29. The first-order valence-corrected chi connectivity index (χ1v) is 10.3. The number of nitrogens with zero attached hydrogens (tertiary/aromatic N) is 2. The molecule has 10 heteroatoms. The van der Waals surface area contributed by atoms with Gasteiger partial charge in [-0.15, -0.1) is 24.8 Å². The molecule has 0 saturated carbocycles. The van der Waals surface area contributed by atoms with Gasteiger partial charge >= 0.3 is 13.1 Å². The van der Waals surface area contributed by atoms with Crippen LogP contribution in [0.2, 0.25) is 6.32 Å². The van der Waals surface area contributed by atoms with Crippen molar-refractivity contribution < 1.29 is 19.9 Å². The maximum atomic E-state index is 11.9. The number of halogens is 2. The molecule has 0 bridgehead atoms. The van der Waals surface area contributed by atoms with Crippen molar-refractivity contribution >= 4 is 48.8 Å². The number of benzene rings is 1. The molecule has 1 aromatic heterocycles. The second-order valence-electron chi connectivity index (χ2n) is 8.11. The summed E-state index contributed by atoms with van der Waals surface area (Å²) >= 11 is 0. The highest BCUT2D eigenvalue weighted by atomic mass is 35.5. The summed E-state index contributed by atoms with van der Waals surface area (Å²) in [6.45, 7) is 2.39. The van der Waals surface area contributed by atoms with Crippen LogP contribution in [0.4, 0.5) is 0 Å². The first-order valence-electron chi connectivity index (χ1n) is 10.3. The number of likely N-dealkylation sites (tertiary alicyclic amines) is 1. The van der Waals surface area contributed by atoms with Crippen LogP contribution in [0.25, 0.3) is 10.9 Å². The molecule has 1 aliphatic rings. The van der Waals surface area contributed by atoms with Crippen LogP contribution in [0, 0.1) is 5.92 Å². The number of pyridine rings is 1. The summed E-state index contributed by atoms with van der Waals surface area (Å²) < 4.78 is 0. The fourth-order valence-electron chi connectivity index (χ4n) is 4.37. The molecule has 172 valence electrons. The Morgan fingerprint density at radius 2 is 1.84 bits per heavy atom. The number of para-hydroxylation sites is 1. The third-order valence-corrected chi connectivity index (χ3v) is 6.13. The van der Waals surface area contributed by atoms with Gasteiger partial charge in [-0.05, 0) is 56.2 Å². The summed E-state index contributed by atoms with van der Waals surface area (Å²) in [5, 5.41) is 28.8. The molecule has 7 nitrogen and oxygen atoms in total. The van der Waals surface area contributed by atoms with E-state index in [2.05, 4.69) is 28.1 Å². The molecule has 1 fully saturated rings. The average molecular weight is 472 g/mol. The zero-order valence-electron chi connectivity index (χ0n) is 17.5. The van der Waals surface area contributed by atoms with E-state index in [1.807, 2.05) is 18.3 Å². The topological polar surface area (TPSA) is 120 Å². The first-order chi connectivity index (χ1) is 13.9. The van der Waals surface area contributed by atoms with Crippen molar-refractivity contribution in [2.45, 2.75) is 50.5 Å². The first kappa shape index (κ1) is 27.6. The minimum atomic E-state index is -1.35. The summed E-state index contributed by atoms with van der Waals surface area (Å²) in [6.07, 6.45) is 5.01. The maximum absolute atomic E-state index is 11.9. The predicted octanol–water partition coefficient (Wildman–Crippen LogP) is 2.72. The van der Waals surface area contributed by atoms with E-state index in [0.29, 0.717) is 19.3 Å². The fourth-order valence-corrected chi connectivity index (χ4v) is 4.37. The Kier molecular flexibility index (Phi) is 11.2. The van der Waals surface area contributed by atoms with Crippen LogP contribution in [0.1, 0.15) is 37.7 Å². The van der Waals surface area contributed by atoms with Crippen LogP contribution >= 0.6 is 24.8 Å². The summed E-state index contributed by atoms with van der Waals surface area (Å²) in [5.74, 6) is -1.04. The number of carbonyl (C=O) groups is 1. The quantitative estimate of drug-likeness (QED) is 0.327. The second kappa shape index (κ2) is 12.6. The van der Waals surface area contributed by atoms with Gasteiger partial charge in [0.25, 0.3) is 0 Å². The Bertz CT molecular complexity index is 832. The highest BCUT2D eigenvalue weighted by Crippen LogP contribution is 2.32. The van der Waals surface area contributed by atoms with Gasteiger partial charge in [0.05, 0.1) is 5.52 Å². The van der Waals surface area contributed by atoms with Crippen molar-refractivity contribution in [2.75, 3.05) is 13.1 Å². The van der Waals surface area contributed by atoms with E-state index in [9.17, 15) is 9.90 Å². The Hall–Kier alpha value is -1.42. The number of carboxylic acid groups (broad SMARTS) is 1. The molecule has 1 atom stereocenters. The molecular weight excluding hydrogens is 440 g/mol. The number of aliphatic carboxylic acids is 1. The zero-order valence-corrected chi connectivity index (χ0v) is 19.2. The lowest BCUT2D eigenvalue weighted by molar-refractivity contribution is -0.147. The smallest absolute Gasteiger partial charge is 0.451 e. The molecule has 1 saturated heterocycles. The van der Waals surface area contributed by atoms with E-state index in [1.165, 1.54) is 5.56 Å². The van der Waals surface area contributed by atoms with Gasteiger partial charge in [0.15, 0.2) is 0 Å². The lowest BCUT2D eigenvalue weighted by Crippen LogP contribution is -2.56. The van der Waals surface area contributed by atoms with E-state index >= 15 is 0 Å². The van der Waals surface area contributed by atoms with Crippen molar-refractivity contribution in [3.8, 4) is 0 Å². The molecule has 2 heterocycles. The van der Waals surface area contributed by atoms with Crippen LogP contribution < -0.4 is 5.73 Å². The number of carboxylic acids is 1. The van der Waals surface area contributed by atoms with Gasteiger partial charge < -0.3 is 20.9 Å². The molecule has 1 aromatic carbocycles. The fraction of sp³-hybridized carbons (Fsp3) is 0.524. The minimum Gasteiger partial charge on any atom is -0.480 e. The molecule has 0 aliphatic carbocycles. The molecule has 1 unspecified atom stereocenters. The summed E-state index contributed by atoms with van der Waals surface area (Å²) in [7, 11) is -1.35. The van der Waals surface area contributed by atoms with Crippen molar-refractivity contribution in [1.82, 2.24) is 9.88 Å². The Balaban J connectivity index is 0.00000240. The molecule has 31 heavy (non-hydrogen) atoms. The lowest BCUT2D eigenvalue weighted by atomic mass is 9.74. The van der Waals surface area contributed by atoms with Crippen molar-refractivity contribution in [3.63, 3.8) is 0 Å². The van der Waals surface area contributed by atoms with E-state index in [0.717, 1.165) is 43.4 Å². The van der Waals surface area contributed by atoms with E-state index in [-0.39, 0.29) is 37.1 Å². The summed E-state index contributed by atoms with van der Waals surface area (Å²) in [4.78, 5) is 18.8. The van der Waals surface area contributed by atoms with Gasteiger partial charge in [-0.3, -0.25) is 14.7 Å². The van der Waals surface area contributed by atoms with Crippen LogP contribution in [0.15, 0.2) is 36.5 Å². The van der Waals surface area contributed by atoms with Crippen LogP contribution in [0.3, 0.4) is 0 Å². The monoisotopic (exact) mass is 471 g/mol. The predicted molar refractivity (Wildman–Crippen MR) is 128 cm³/mol. The molecule has 0 radical (unpaired) electrons. The van der Waals surface area contributed by atoms with Crippen molar-refractivity contribution in [2.24, 2.45) is 11.7 Å². The van der Waals surface area contributed by atoms with E-state index < -0.39 is 18.6 Å². The molecule has 3 rings (SSSR count). The molecule has 0 spiro atoms. The third-order valence-electron chi connectivity index (χ3n) is 6.13. The zero-order chi connectivity index (χ0) is 20.9. The molecule has 5 N–H and O–H groups in total. The molecular formula is C21H32BCl2N3O4. The Morgan fingerprint density at radius 1 is 1.16 bits per heavy atom. The number of aromatic nitrogens is 1. The lowest BCUT2D eigenvalue weighted by Gasteiger charge is -2.40. The highest BCUT2D eigenvalue weighted by Gasteiger charge is 2.42. The largest absolute Gasteiger partial charge is 0.480 e. The highest BCUT2D eigenvalue weighted by molar-refractivity contribution is 6.40. The SMILES string of the molecule is Cl.Cl.NC(CCCCB(O)O)(C(=O)O)C1CCN(Cc2cccc3cccnc23)CC1. The molecule has 2 aromatic rings. The maximum Gasteiger partial charge on any atom is 0.451 e. The number of piperidine rings is 1. The van der Waals surface area contributed by atoms with Gasteiger partial charge in [0.1, 0.15) is 5.54 Å². The van der Waals surface area contributed by atoms with Crippen LogP contribution in [-0.4, -0.2) is 56.8 Å². The van der Waals surface area contributed by atoms with Gasteiger partial charge in [0.2, 0.25) is 0 Å². The molecule has 0 amide bonds. The number of nitrogens with two attached hydrogens (primary N) is 1. The Labute approximate surface area is 196 Å². The van der Waals surface area contributed by atoms with Crippen molar-refractivity contribution in [1.29, 1.82) is 0 Å². The van der Waals surface area contributed by atoms with Crippen LogP contribution in [0.5, 0.6) is 0 Å². The van der Waals surface area contributed by atoms with E-state index in [1.54, 1.807) is 0 Å². The van der Waals surface area contributed by atoms with Gasteiger partial charge in [-0.25, -0.2) is 0 Å². The van der Waals surface area contributed by atoms with Gasteiger partial charge in [-0.1, -0.05) is 37.1 Å². The standard InChI is InChI=1S/C21H30BN3O4.2ClH/c23-21(20(26)27,10-1-2-11-22(28)29)18-8-13-25(14-9-18)15-17-6-3-5-16-7-4-12-24-19(16)17;;/h3-7,12,18,28-29H,1-2,8-11,13-15,23H2,(H,26,27);2*1H. The number of unbranched alkanes of at least 4 members (excludes halogenated alkanes) is 1. The minimum absolute atomic E-state index is 0. The van der Waals surface area contributed by atoms with Gasteiger partial charge in [0, 0.05) is 18.1 Å². The molecule has 1 aliphatic heterocycles. The normalized spacial score (nSPS) is 16.7. The van der Waals surface area contributed by atoms with Gasteiger partial charge in [-0.2, -0.15) is 0 Å². The average Bonchev–Trinajstić information content (AvgIpc) is 2.71. The third kappa shape index (κ3) is 7.04. The number of fused-ring (bicyclic) bond motifs is 1. The van der Waals surface area contributed by atoms with E-state index in [4.69, 9.17) is 15.8 Å². The van der Waals surface area contributed by atoms with Crippen molar-refractivity contribution in [3.05, 3.63) is 42.1 Å².